The van der Waals surface area contributed by atoms with Gasteiger partial charge in [-0.25, -0.2) is 4.79 Å². The standard InChI is InChI=1S/C29H42O3/c1-9-11-13-19-17-23(27(31)32)25(22(26(19)30)14-12-10-2)21-16-15-20(28(3,4)5)18-24(21)29(6,7)8/h15-18,30H,9-14H2,1-8H3,(H,31,32). The van der Waals surface area contributed by atoms with E-state index in [1.807, 2.05) is 0 Å². The maximum atomic E-state index is 12.5. The lowest BCUT2D eigenvalue weighted by atomic mass is 9.75. The normalized spacial score (nSPS) is 12.2. The lowest BCUT2D eigenvalue weighted by molar-refractivity contribution is 0.0697. The van der Waals surface area contributed by atoms with Crippen molar-refractivity contribution in [2.75, 3.05) is 0 Å². The second-order valence-corrected chi connectivity index (χ2v) is 11.1. The molecule has 0 saturated heterocycles. The van der Waals surface area contributed by atoms with Gasteiger partial charge in [-0.15, -0.1) is 0 Å². The Morgan fingerprint density at radius 3 is 1.97 bits per heavy atom. The van der Waals surface area contributed by atoms with E-state index >= 15 is 0 Å². The molecule has 2 rings (SSSR count). The van der Waals surface area contributed by atoms with Crippen molar-refractivity contribution in [2.24, 2.45) is 0 Å². The maximum absolute atomic E-state index is 12.5. The number of hydrogen-bond donors (Lipinski definition) is 2. The van der Waals surface area contributed by atoms with Gasteiger partial charge in [-0.1, -0.05) is 86.4 Å². The van der Waals surface area contributed by atoms with Crippen molar-refractivity contribution in [1.29, 1.82) is 0 Å². The van der Waals surface area contributed by atoms with Crippen molar-refractivity contribution >= 4 is 5.97 Å². The molecule has 0 bridgehead atoms. The van der Waals surface area contributed by atoms with Gasteiger partial charge in [0.25, 0.3) is 0 Å². The first-order chi connectivity index (χ1) is 14.8. The number of benzene rings is 2. The number of aryl methyl sites for hydroxylation is 1. The third-order valence-corrected chi connectivity index (χ3v) is 6.25. The molecule has 2 aromatic carbocycles. The van der Waals surface area contributed by atoms with Crippen LogP contribution in [0.1, 0.15) is 114 Å². The average molecular weight is 439 g/mol. The van der Waals surface area contributed by atoms with Gasteiger partial charge in [0.15, 0.2) is 0 Å². The average Bonchev–Trinajstić information content (AvgIpc) is 2.69. The topological polar surface area (TPSA) is 57.5 Å². The highest BCUT2D eigenvalue weighted by molar-refractivity contribution is 5.99. The van der Waals surface area contributed by atoms with E-state index in [-0.39, 0.29) is 16.6 Å². The SMILES string of the molecule is CCCCc1cc(C(=O)O)c(-c2ccc(C(C)(C)C)cc2C(C)(C)C)c(CCCC)c1O. The van der Waals surface area contributed by atoms with Crippen molar-refractivity contribution in [2.45, 2.75) is 105 Å². The van der Waals surface area contributed by atoms with E-state index in [1.54, 1.807) is 6.07 Å². The van der Waals surface area contributed by atoms with Crippen molar-refractivity contribution in [1.82, 2.24) is 0 Å². The molecule has 0 aliphatic heterocycles. The summed E-state index contributed by atoms with van der Waals surface area (Å²) in [5, 5.41) is 21.5. The zero-order chi connectivity index (χ0) is 24.3. The number of phenols is 1. The van der Waals surface area contributed by atoms with Gasteiger partial charge >= 0.3 is 5.97 Å². The number of carbonyl (C=O) groups is 1. The van der Waals surface area contributed by atoms with Crippen LogP contribution in [0.25, 0.3) is 11.1 Å². The molecule has 0 unspecified atom stereocenters. The Kier molecular flexibility index (Phi) is 8.20. The van der Waals surface area contributed by atoms with Crippen molar-refractivity contribution in [3.8, 4) is 16.9 Å². The minimum Gasteiger partial charge on any atom is -0.507 e. The molecule has 3 heteroatoms. The molecule has 0 saturated carbocycles. The molecular formula is C29H42O3. The molecule has 0 aliphatic carbocycles. The Morgan fingerprint density at radius 1 is 0.875 bits per heavy atom. The highest BCUT2D eigenvalue weighted by Crippen LogP contribution is 2.43. The van der Waals surface area contributed by atoms with Crippen LogP contribution < -0.4 is 0 Å². The van der Waals surface area contributed by atoms with Crippen LogP contribution in [0.4, 0.5) is 0 Å². The third-order valence-electron chi connectivity index (χ3n) is 6.25. The first-order valence-corrected chi connectivity index (χ1v) is 12.1. The van der Waals surface area contributed by atoms with Gasteiger partial charge in [0.05, 0.1) is 5.56 Å². The number of rotatable bonds is 8. The summed E-state index contributed by atoms with van der Waals surface area (Å²) in [4.78, 5) is 12.5. The van der Waals surface area contributed by atoms with Crippen molar-refractivity contribution < 1.29 is 15.0 Å². The van der Waals surface area contributed by atoms with E-state index in [0.29, 0.717) is 24.0 Å². The Morgan fingerprint density at radius 2 is 1.47 bits per heavy atom. The highest BCUT2D eigenvalue weighted by Gasteiger charge is 2.28. The fourth-order valence-corrected chi connectivity index (χ4v) is 4.27. The van der Waals surface area contributed by atoms with Crippen molar-refractivity contribution in [3.63, 3.8) is 0 Å². The Balaban J connectivity index is 2.94. The molecular weight excluding hydrogens is 396 g/mol. The molecule has 32 heavy (non-hydrogen) atoms. The molecule has 0 spiro atoms. The fraction of sp³-hybridized carbons (Fsp3) is 0.552. The molecule has 3 nitrogen and oxygen atoms in total. The summed E-state index contributed by atoms with van der Waals surface area (Å²) in [7, 11) is 0. The van der Waals surface area contributed by atoms with E-state index in [4.69, 9.17) is 0 Å². The Hall–Kier alpha value is -2.29. The first-order valence-electron chi connectivity index (χ1n) is 12.1. The van der Waals surface area contributed by atoms with E-state index in [9.17, 15) is 15.0 Å². The largest absolute Gasteiger partial charge is 0.507 e. The molecule has 2 N–H and O–H groups in total. The molecule has 0 aromatic heterocycles. The van der Waals surface area contributed by atoms with Gasteiger partial charge in [-0.2, -0.15) is 0 Å². The molecule has 0 radical (unpaired) electrons. The number of carboxylic acid groups (broad SMARTS) is 1. The molecule has 0 amide bonds. The number of unbranched alkanes of at least 4 members (excludes halogenated alkanes) is 2. The summed E-state index contributed by atoms with van der Waals surface area (Å²) in [5.74, 6) is -0.651. The Bertz CT molecular complexity index is 956. The third kappa shape index (κ3) is 5.74. The van der Waals surface area contributed by atoms with Crippen LogP contribution in [0.3, 0.4) is 0 Å². The van der Waals surface area contributed by atoms with Crippen LogP contribution in [0.5, 0.6) is 5.75 Å². The molecule has 176 valence electrons. The summed E-state index contributed by atoms with van der Waals surface area (Å²) < 4.78 is 0. The van der Waals surface area contributed by atoms with Gasteiger partial charge in [0, 0.05) is 11.1 Å². The molecule has 2 aromatic rings. The van der Waals surface area contributed by atoms with Crippen LogP contribution in [0.15, 0.2) is 24.3 Å². The van der Waals surface area contributed by atoms with Crippen LogP contribution in [0.2, 0.25) is 0 Å². The van der Waals surface area contributed by atoms with E-state index in [0.717, 1.165) is 47.9 Å². The number of hydrogen-bond acceptors (Lipinski definition) is 2. The monoisotopic (exact) mass is 438 g/mol. The zero-order valence-corrected chi connectivity index (χ0v) is 21.4. The van der Waals surface area contributed by atoms with Crippen molar-refractivity contribution in [3.05, 3.63) is 52.1 Å². The molecule has 0 heterocycles. The van der Waals surface area contributed by atoms with Crippen LogP contribution >= 0.6 is 0 Å². The van der Waals surface area contributed by atoms with Gasteiger partial charge in [0.2, 0.25) is 0 Å². The van der Waals surface area contributed by atoms with Gasteiger partial charge in [0.1, 0.15) is 5.75 Å². The maximum Gasteiger partial charge on any atom is 0.336 e. The lowest BCUT2D eigenvalue weighted by Crippen LogP contribution is -2.18. The predicted octanol–water partition coefficient (Wildman–Crippen LogP) is 8.04. The van der Waals surface area contributed by atoms with Crippen LogP contribution in [0, 0.1) is 0 Å². The number of phenolic OH excluding ortho intramolecular Hbond substituents is 1. The van der Waals surface area contributed by atoms with Gasteiger partial charge < -0.3 is 10.2 Å². The minimum atomic E-state index is -0.935. The van der Waals surface area contributed by atoms with Gasteiger partial charge in [-0.05, 0) is 64.8 Å². The van der Waals surface area contributed by atoms with Gasteiger partial charge in [-0.3, -0.25) is 0 Å². The minimum absolute atomic E-state index is 0.00858. The fourth-order valence-electron chi connectivity index (χ4n) is 4.27. The zero-order valence-electron chi connectivity index (χ0n) is 21.4. The quantitative estimate of drug-likeness (QED) is 0.438. The lowest BCUT2D eigenvalue weighted by Gasteiger charge is -2.29. The molecule has 0 atom stereocenters. The summed E-state index contributed by atoms with van der Waals surface area (Å²) in [6, 6.07) is 8.13. The second kappa shape index (κ2) is 10.1. The van der Waals surface area contributed by atoms with Crippen LogP contribution in [-0.2, 0) is 23.7 Å². The number of carboxylic acids is 1. The summed E-state index contributed by atoms with van der Waals surface area (Å²) in [6.07, 6.45) is 5.17. The number of aromatic hydroxyl groups is 1. The first kappa shape index (κ1) is 26.0. The smallest absolute Gasteiger partial charge is 0.336 e. The number of aromatic carboxylic acids is 1. The summed E-state index contributed by atoms with van der Waals surface area (Å²) in [6.45, 7) is 17.3. The highest BCUT2D eigenvalue weighted by atomic mass is 16.4. The van der Waals surface area contributed by atoms with E-state index in [1.165, 1.54) is 5.56 Å². The predicted molar refractivity (Wildman–Crippen MR) is 135 cm³/mol. The molecule has 0 aliphatic rings. The molecule has 0 fully saturated rings. The second-order valence-electron chi connectivity index (χ2n) is 11.1. The Labute approximate surface area is 194 Å². The summed E-state index contributed by atoms with van der Waals surface area (Å²) >= 11 is 0. The van der Waals surface area contributed by atoms with E-state index in [2.05, 4.69) is 73.6 Å². The van der Waals surface area contributed by atoms with Crippen LogP contribution in [-0.4, -0.2) is 16.2 Å². The van der Waals surface area contributed by atoms with E-state index < -0.39 is 5.97 Å². The summed E-state index contributed by atoms with van der Waals surface area (Å²) in [5.41, 5.74) is 5.60.